The van der Waals surface area contributed by atoms with E-state index in [0.717, 1.165) is 62.5 Å². The molecule has 5 fully saturated rings. The first-order chi connectivity index (χ1) is 23.6. The van der Waals surface area contributed by atoms with Crippen LogP contribution in [0.25, 0.3) is 0 Å². The van der Waals surface area contributed by atoms with Crippen LogP contribution in [0.15, 0.2) is 70.0 Å². The van der Waals surface area contributed by atoms with Crippen LogP contribution in [0.3, 0.4) is 0 Å². The second-order valence-electron chi connectivity index (χ2n) is 17.6. The molecule has 2 heterocycles. The maximum Gasteiger partial charge on any atom is 0.297 e. The average Bonchev–Trinajstić information content (AvgIpc) is 3.52. The second-order valence-corrected chi connectivity index (χ2v) is 21.0. The summed E-state index contributed by atoms with van der Waals surface area (Å²) in [6, 6.07) is 14.2. The van der Waals surface area contributed by atoms with E-state index in [2.05, 4.69) is 33.8 Å². The first kappa shape index (κ1) is 35.0. The van der Waals surface area contributed by atoms with Gasteiger partial charge in [-0.05, 0) is 136 Å². The molecule has 6 aliphatic rings. The number of rotatable bonds is 5. The number of ether oxygens (including phenoxy) is 1. The molecule has 50 heavy (non-hydrogen) atoms. The Morgan fingerprint density at radius 3 is 2.16 bits per heavy atom. The monoisotopic (exact) mass is 721 g/mol. The second kappa shape index (κ2) is 12.0. The lowest BCUT2D eigenvalue weighted by Crippen LogP contribution is -2.60. The largest absolute Gasteiger partial charge is 0.356 e. The van der Waals surface area contributed by atoms with Crippen LogP contribution in [0.2, 0.25) is 0 Å². The standard InChI is InChI=1S/C41H55NO6S2/c1-26-7-12-32(13-8-26)49(43,44)42-25-28(3)17-22-41(42)29(4)38-37(47-41)24-36-34-16-11-30-23-31(48-50(45,46)33-14-9-27(2)10-15-33)18-20-39(30,5)35(34)19-21-40(36,38)6/h7-15,28-29,31,34-38H,16-25H2,1-6H3/t28?,29-,31?,34+,35-,36-,37-,38-,39-,40-,41+/m0/s1. The highest BCUT2D eigenvalue weighted by Crippen LogP contribution is 2.71. The number of nitrogens with zero attached hydrogens (tertiary/aromatic N) is 1. The van der Waals surface area contributed by atoms with Gasteiger partial charge in [0, 0.05) is 12.5 Å². The number of fused-ring (bicyclic) bond motifs is 7. The summed E-state index contributed by atoms with van der Waals surface area (Å²) in [4.78, 5) is 0.587. The average molecular weight is 722 g/mol. The molecule has 0 radical (unpaired) electrons. The molecule has 272 valence electrons. The molecule has 3 saturated carbocycles. The first-order valence-corrected chi connectivity index (χ1v) is 21.9. The van der Waals surface area contributed by atoms with Crippen molar-refractivity contribution in [2.45, 2.75) is 127 Å². The van der Waals surface area contributed by atoms with Gasteiger partial charge in [-0.3, -0.25) is 4.18 Å². The van der Waals surface area contributed by atoms with Crippen LogP contribution < -0.4 is 0 Å². The highest BCUT2D eigenvalue weighted by Gasteiger charge is 2.70. The highest BCUT2D eigenvalue weighted by molar-refractivity contribution is 7.89. The Bertz CT molecular complexity index is 1890. The quantitative estimate of drug-likeness (QED) is 0.228. The predicted molar refractivity (Wildman–Crippen MR) is 194 cm³/mol. The third kappa shape index (κ3) is 5.26. The minimum absolute atomic E-state index is 0.0432. The third-order valence-corrected chi connectivity index (χ3v) is 18.1. The van der Waals surface area contributed by atoms with Gasteiger partial charge >= 0.3 is 0 Å². The van der Waals surface area contributed by atoms with Crippen molar-refractivity contribution in [2.75, 3.05) is 6.54 Å². The number of hydrogen-bond donors (Lipinski definition) is 0. The SMILES string of the molecule is Cc1ccc(S(=O)(=O)OC2CC[C@@]3(C)C(=CC[C@H]4[C@@H]5C[C@@H]6O[C@]7(CCC(C)CN7S(=O)(=O)c7ccc(C)cc7)[C@@H](C)[C@@H]6[C@@]5(C)CC[C@@H]43)C2)cc1. The summed E-state index contributed by atoms with van der Waals surface area (Å²) < 4.78 is 70.0. The number of sulfonamides is 1. The van der Waals surface area contributed by atoms with Crippen molar-refractivity contribution in [2.24, 2.45) is 46.3 Å². The Hall–Kier alpha value is -2.04. The van der Waals surface area contributed by atoms with Crippen molar-refractivity contribution in [1.29, 1.82) is 0 Å². The third-order valence-electron chi connectivity index (χ3n) is 14.8. The smallest absolute Gasteiger partial charge is 0.297 e. The number of aryl methyl sites for hydroxylation is 2. The van der Waals surface area contributed by atoms with E-state index in [-0.39, 0.29) is 39.8 Å². The van der Waals surface area contributed by atoms with Gasteiger partial charge in [0.25, 0.3) is 10.1 Å². The van der Waals surface area contributed by atoms with Crippen molar-refractivity contribution >= 4 is 20.1 Å². The van der Waals surface area contributed by atoms with Gasteiger partial charge in [0.15, 0.2) is 0 Å². The van der Waals surface area contributed by atoms with Crippen molar-refractivity contribution < 1.29 is 25.8 Å². The Labute approximate surface area is 300 Å². The van der Waals surface area contributed by atoms with E-state index in [4.69, 9.17) is 8.92 Å². The Kier molecular flexibility index (Phi) is 8.40. The molecule has 0 amide bonds. The molecule has 2 aromatic rings. The van der Waals surface area contributed by atoms with E-state index >= 15 is 0 Å². The number of benzene rings is 2. The lowest BCUT2D eigenvalue weighted by molar-refractivity contribution is -0.161. The van der Waals surface area contributed by atoms with E-state index < -0.39 is 25.9 Å². The molecule has 2 unspecified atom stereocenters. The van der Waals surface area contributed by atoms with Gasteiger partial charge in [0.2, 0.25) is 10.0 Å². The maximum absolute atomic E-state index is 14.4. The summed E-state index contributed by atoms with van der Waals surface area (Å²) in [6.07, 6.45) is 10.5. The van der Waals surface area contributed by atoms with Crippen LogP contribution in [-0.2, 0) is 29.1 Å². The van der Waals surface area contributed by atoms with E-state index in [1.807, 2.05) is 38.1 Å². The summed E-state index contributed by atoms with van der Waals surface area (Å²) in [5, 5.41) is 0. The molecule has 0 N–H and O–H groups in total. The van der Waals surface area contributed by atoms with E-state index in [9.17, 15) is 16.8 Å². The fourth-order valence-electron chi connectivity index (χ4n) is 12.2. The zero-order chi connectivity index (χ0) is 35.4. The van der Waals surface area contributed by atoms with Gasteiger partial charge in [0.05, 0.1) is 22.0 Å². The van der Waals surface area contributed by atoms with Gasteiger partial charge in [-0.1, -0.05) is 74.7 Å². The normalized spacial score (nSPS) is 41.6. The molecule has 2 saturated heterocycles. The molecule has 2 aromatic carbocycles. The molecule has 1 spiro atoms. The Balaban J connectivity index is 1.03. The van der Waals surface area contributed by atoms with Gasteiger partial charge < -0.3 is 4.74 Å². The summed E-state index contributed by atoms with van der Waals surface area (Å²) in [5.74, 6) is 2.31. The van der Waals surface area contributed by atoms with Crippen molar-refractivity contribution in [3.63, 3.8) is 0 Å². The van der Waals surface area contributed by atoms with Crippen molar-refractivity contribution in [3.05, 3.63) is 71.3 Å². The molecule has 11 atom stereocenters. The van der Waals surface area contributed by atoms with E-state index in [0.29, 0.717) is 41.5 Å². The summed E-state index contributed by atoms with van der Waals surface area (Å²) in [6.45, 7) is 13.8. The molecule has 8 rings (SSSR count). The topological polar surface area (TPSA) is 90.0 Å². The molecule has 7 nitrogen and oxygen atoms in total. The molecule has 4 aliphatic carbocycles. The fourth-order valence-corrected chi connectivity index (χ4v) is 15.2. The van der Waals surface area contributed by atoms with E-state index in [1.165, 1.54) is 5.57 Å². The lowest BCUT2D eigenvalue weighted by atomic mass is 9.47. The fraction of sp³-hybridized carbons (Fsp3) is 0.659. The summed E-state index contributed by atoms with van der Waals surface area (Å²) in [7, 11) is -7.56. The van der Waals surface area contributed by atoms with Gasteiger partial charge in [-0.25, -0.2) is 8.42 Å². The molecular formula is C41H55NO6S2. The highest BCUT2D eigenvalue weighted by atomic mass is 32.2. The minimum atomic E-state index is -3.82. The molecule has 9 heteroatoms. The van der Waals surface area contributed by atoms with Gasteiger partial charge in [0.1, 0.15) is 5.72 Å². The van der Waals surface area contributed by atoms with Crippen molar-refractivity contribution in [3.8, 4) is 0 Å². The zero-order valence-corrected chi connectivity index (χ0v) is 32.2. The maximum atomic E-state index is 14.4. The zero-order valence-electron chi connectivity index (χ0n) is 30.6. The van der Waals surface area contributed by atoms with Gasteiger partial charge in [-0.15, -0.1) is 0 Å². The number of hydrogen-bond acceptors (Lipinski definition) is 6. The Morgan fingerprint density at radius 2 is 1.48 bits per heavy atom. The first-order valence-electron chi connectivity index (χ1n) is 19.1. The van der Waals surface area contributed by atoms with Crippen LogP contribution in [-0.4, -0.2) is 45.6 Å². The van der Waals surface area contributed by atoms with Crippen LogP contribution >= 0.6 is 0 Å². The number of piperidine rings is 1. The lowest BCUT2D eigenvalue weighted by Gasteiger charge is -2.59. The molecule has 2 aliphatic heterocycles. The van der Waals surface area contributed by atoms with Crippen LogP contribution in [0.4, 0.5) is 0 Å². The van der Waals surface area contributed by atoms with Gasteiger partial charge in [-0.2, -0.15) is 12.7 Å². The van der Waals surface area contributed by atoms with Crippen LogP contribution in [0.5, 0.6) is 0 Å². The molecular weight excluding hydrogens is 667 g/mol. The number of allylic oxidation sites excluding steroid dienone is 1. The summed E-state index contributed by atoms with van der Waals surface area (Å²) >= 11 is 0. The van der Waals surface area contributed by atoms with Crippen LogP contribution in [0.1, 0.15) is 96.6 Å². The summed E-state index contributed by atoms with van der Waals surface area (Å²) in [5.41, 5.74) is 2.77. The molecule has 0 bridgehead atoms. The van der Waals surface area contributed by atoms with Crippen molar-refractivity contribution in [1.82, 2.24) is 4.31 Å². The molecule has 0 aromatic heterocycles. The minimum Gasteiger partial charge on any atom is -0.356 e. The van der Waals surface area contributed by atoms with Crippen LogP contribution in [0, 0.1) is 60.2 Å². The Morgan fingerprint density at radius 1 is 0.820 bits per heavy atom. The predicted octanol–water partition coefficient (Wildman–Crippen LogP) is 8.42. The van der Waals surface area contributed by atoms with E-state index in [1.54, 1.807) is 28.6 Å².